The molecule has 0 amide bonds. The van der Waals surface area contributed by atoms with E-state index < -0.39 is 0 Å². The standard InChI is InChI=1S/C14H12N.Li/c1-3-7-13(8-4-1)11-15-12-14-9-5-2-6-10-14;/h1-12H;/q-1;+1. The zero-order chi connectivity index (χ0) is 10.3. The summed E-state index contributed by atoms with van der Waals surface area (Å²) in [6, 6.07) is 20.1. The summed E-state index contributed by atoms with van der Waals surface area (Å²) in [5.74, 6) is 0. The van der Waals surface area contributed by atoms with Crippen LogP contribution in [0.25, 0.3) is 0 Å². The van der Waals surface area contributed by atoms with Crippen LogP contribution in [0.5, 0.6) is 0 Å². The van der Waals surface area contributed by atoms with E-state index in [-0.39, 0.29) is 18.9 Å². The second kappa shape index (κ2) is 6.95. The molecule has 0 aliphatic carbocycles. The molecule has 0 unspecified atom stereocenters. The molecule has 0 aromatic heterocycles. The molecule has 16 heavy (non-hydrogen) atoms. The van der Waals surface area contributed by atoms with Gasteiger partial charge >= 0.3 is 18.9 Å². The van der Waals surface area contributed by atoms with Gasteiger partial charge in [-0.1, -0.05) is 42.9 Å². The average Bonchev–Trinajstić information content (AvgIpc) is 2.32. The first-order chi connectivity index (χ1) is 7.45. The smallest absolute Gasteiger partial charge is 0.358 e. The minimum absolute atomic E-state index is 0. The summed E-state index contributed by atoms with van der Waals surface area (Å²) in [4.78, 5) is 4.26. The van der Waals surface area contributed by atoms with Crippen LogP contribution in [0.1, 0.15) is 11.1 Å². The van der Waals surface area contributed by atoms with E-state index in [2.05, 4.69) is 4.99 Å². The van der Waals surface area contributed by atoms with Crippen molar-refractivity contribution in [2.45, 2.75) is 0 Å². The number of rotatable bonds is 3. The van der Waals surface area contributed by atoms with Crippen molar-refractivity contribution in [3.05, 3.63) is 78.3 Å². The fourth-order valence-corrected chi connectivity index (χ4v) is 1.29. The van der Waals surface area contributed by atoms with Crippen molar-refractivity contribution in [2.24, 2.45) is 4.99 Å². The molecule has 0 aliphatic heterocycles. The van der Waals surface area contributed by atoms with Gasteiger partial charge < -0.3 is 4.99 Å². The van der Waals surface area contributed by atoms with Crippen molar-refractivity contribution in [2.75, 3.05) is 0 Å². The zero-order valence-corrected chi connectivity index (χ0v) is 9.38. The third-order valence-corrected chi connectivity index (χ3v) is 2.05. The molecule has 0 saturated carbocycles. The Morgan fingerprint density at radius 2 is 1.38 bits per heavy atom. The minimum atomic E-state index is 0. The van der Waals surface area contributed by atoms with Crippen molar-refractivity contribution in [1.29, 1.82) is 0 Å². The van der Waals surface area contributed by atoms with Gasteiger partial charge in [-0.25, -0.2) is 0 Å². The number of benzene rings is 2. The first kappa shape index (κ1) is 12.6. The third kappa shape index (κ3) is 3.98. The first-order valence-corrected chi connectivity index (χ1v) is 4.92. The maximum atomic E-state index is 4.26. The van der Waals surface area contributed by atoms with Crippen LogP contribution in [0, 0.1) is 6.54 Å². The molecule has 0 fully saturated rings. The van der Waals surface area contributed by atoms with Crippen molar-refractivity contribution < 1.29 is 18.9 Å². The fraction of sp³-hybridized carbons (Fsp3) is 0. The van der Waals surface area contributed by atoms with E-state index in [0.29, 0.717) is 0 Å². The SMILES string of the molecule is C(=N[CH-]c1ccccc1)c1ccccc1.[Li+]. The molecule has 0 spiro atoms. The Bertz CT molecular complexity index is 423. The van der Waals surface area contributed by atoms with Gasteiger partial charge in [0.25, 0.3) is 0 Å². The predicted octanol–water partition coefficient (Wildman–Crippen LogP) is 0.320. The maximum Gasteiger partial charge on any atom is 1.00 e. The Hall–Kier alpha value is -1.42. The van der Waals surface area contributed by atoms with E-state index >= 15 is 0 Å². The molecule has 1 nitrogen and oxygen atoms in total. The van der Waals surface area contributed by atoms with Crippen molar-refractivity contribution in [1.82, 2.24) is 0 Å². The largest absolute Gasteiger partial charge is 1.00 e. The molecule has 74 valence electrons. The van der Waals surface area contributed by atoms with E-state index in [1.54, 1.807) is 0 Å². The number of hydrogen-bond donors (Lipinski definition) is 0. The van der Waals surface area contributed by atoms with Crippen molar-refractivity contribution in [3.63, 3.8) is 0 Å². The van der Waals surface area contributed by atoms with Crippen LogP contribution in [0.4, 0.5) is 0 Å². The van der Waals surface area contributed by atoms with Gasteiger partial charge in [0.15, 0.2) is 0 Å². The van der Waals surface area contributed by atoms with E-state index in [1.165, 1.54) is 0 Å². The summed E-state index contributed by atoms with van der Waals surface area (Å²) in [7, 11) is 0. The Kier molecular flexibility index (Phi) is 5.49. The number of hydrogen-bond acceptors (Lipinski definition) is 1. The molecule has 2 heteroatoms. The molecule has 0 atom stereocenters. The predicted molar refractivity (Wildman–Crippen MR) is 63.9 cm³/mol. The number of nitrogens with zero attached hydrogens (tertiary/aromatic N) is 1. The minimum Gasteiger partial charge on any atom is -0.358 e. The molecule has 0 N–H and O–H groups in total. The molecule has 0 aliphatic rings. The molecule has 0 saturated heterocycles. The molecule has 0 radical (unpaired) electrons. The maximum absolute atomic E-state index is 4.26. The molecule has 2 aromatic rings. The Balaban J connectivity index is 0.00000128. The van der Waals surface area contributed by atoms with E-state index in [1.807, 2.05) is 73.4 Å². The molecular formula is C14H12LiN. The van der Waals surface area contributed by atoms with E-state index in [9.17, 15) is 0 Å². The fourth-order valence-electron chi connectivity index (χ4n) is 1.29. The average molecular weight is 201 g/mol. The normalized spacial score (nSPS) is 9.75. The molecule has 0 bridgehead atoms. The summed E-state index contributed by atoms with van der Waals surface area (Å²) in [5.41, 5.74) is 2.23. The van der Waals surface area contributed by atoms with Gasteiger partial charge in [-0.2, -0.15) is 0 Å². The Morgan fingerprint density at radius 1 is 0.812 bits per heavy atom. The summed E-state index contributed by atoms with van der Waals surface area (Å²) < 4.78 is 0. The quantitative estimate of drug-likeness (QED) is 0.385. The summed E-state index contributed by atoms with van der Waals surface area (Å²) >= 11 is 0. The second-order valence-electron chi connectivity index (χ2n) is 3.23. The van der Waals surface area contributed by atoms with Crippen LogP contribution in [0.3, 0.4) is 0 Å². The molecule has 2 aromatic carbocycles. The summed E-state index contributed by atoms with van der Waals surface area (Å²) in [6.07, 6.45) is 1.85. The monoisotopic (exact) mass is 201 g/mol. The Morgan fingerprint density at radius 3 is 2.00 bits per heavy atom. The summed E-state index contributed by atoms with van der Waals surface area (Å²) in [5, 5.41) is 0. The van der Waals surface area contributed by atoms with Gasteiger partial charge in [0.05, 0.1) is 0 Å². The molecular weight excluding hydrogens is 189 g/mol. The Labute approximate surface area is 108 Å². The second-order valence-corrected chi connectivity index (χ2v) is 3.23. The third-order valence-electron chi connectivity index (χ3n) is 2.05. The van der Waals surface area contributed by atoms with Gasteiger partial charge in [-0.05, 0) is 11.8 Å². The zero-order valence-electron chi connectivity index (χ0n) is 9.38. The van der Waals surface area contributed by atoms with E-state index in [0.717, 1.165) is 11.1 Å². The van der Waals surface area contributed by atoms with Crippen LogP contribution >= 0.6 is 0 Å². The van der Waals surface area contributed by atoms with Gasteiger partial charge in [0, 0.05) is 0 Å². The van der Waals surface area contributed by atoms with Crippen LogP contribution < -0.4 is 18.9 Å². The van der Waals surface area contributed by atoms with Crippen molar-refractivity contribution >= 4 is 6.21 Å². The molecule has 2 rings (SSSR count). The topological polar surface area (TPSA) is 12.4 Å². The van der Waals surface area contributed by atoms with Gasteiger partial charge in [-0.3, -0.25) is 0 Å². The summed E-state index contributed by atoms with van der Waals surface area (Å²) in [6.45, 7) is 1.85. The van der Waals surface area contributed by atoms with Crippen LogP contribution in [0.2, 0.25) is 0 Å². The van der Waals surface area contributed by atoms with Crippen LogP contribution in [0.15, 0.2) is 65.7 Å². The first-order valence-electron chi connectivity index (χ1n) is 4.92. The van der Waals surface area contributed by atoms with Gasteiger partial charge in [0.2, 0.25) is 0 Å². The van der Waals surface area contributed by atoms with Gasteiger partial charge in [-0.15, -0.1) is 29.8 Å². The van der Waals surface area contributed by atoms with Crippen LogP contribution in [-0.2, 0) is 0 Å². The van der Waals surface area contributed by atoms with Crippen molar-refractivity contribution in [3.8, 4) is 0 Å². The number of aliphatic imine (C=N–C) groups is 1. The van der Waals surface area contributed by atoms with Gasteiger partial charge in [0.1, 0.15) is 0 Å². The van der Waals surface area contributed by atoms with Crippen LogP contribution in [-0.4, -0.2) is 6.21 Å². The molecule has 0 heterocycles. The van der Waals surface area contributed by atoms with E-state index in [4.69, 9.17) is 0 Å².